The number of para-hydroxylation sites is 2. The average Bonchev–Trinajstić information content (AvgIpc) is 3.93. The summed E-state index contributed by atoms with van der Waals surface area (Å²) in [7, 11) is 0. The zero-order valence-corrected chi connectivity index (χ0v) is 35.6. The Morgan fingerprint density at radius 2 is 1.00 bits per heavy atom. The van der Waals surface area contributed by atoms with Gasteiger partial charge in [-0.25, -0.2) is 9.98 Å². The van der Waals surface area contributed by atoms with Crippen molar-refractivity contribution in [2.24, 2.45) is 9.98 Å². The predicted octanol–water partition coefficient (Wildman–Crippen LogP) is 15.5. The number of amidine groups is 2. The van der Waals surface area contributed by atoms with Gasteiger partial charge in [-0.05, 0) is 103 Å². The Hall–Kier alpha value is -8.80. The molecule has 3 heterocycles. The van der Waals surface area contributed by atoms with Crippen LogP contribution in [-0.4, -0.2) is 16.2 Å². The molecule has 2 aromatic heterocycles. The third-order valence-electron chi connectivity index (χ3n) is 13.6. The molecule has 13 aromatic rings. The Morgan fingerprint density at radius 1 is 0.394 bits per heavy atom. The second-order valence-corrected chi connectivity index (χ2v) is 17.3. The molecule has 1 aliphatic heterocycles. The lowest BCUT2D eigenvalue weighted by molar-refractivity contribution is 0.669. The van der Waals surface area contributed by atoms with Gasteiger partial charge in [0.25, 0.3) is 0 Å². The Morgan fingerprint density at radius 3 is 1.80 bits per heavy atom. The minimum atomic E-state index is -0.403. The fourth-order valence-electron chi connectivity index (χ4n) is 10.7. The zero-order chi connectivity index (χ0) is 43.3. The second-order valence-electron chi connectivity index (χ2n) is 17.3. The summed E-state index contributed by atoms with van der Waals surface area (Å²) >= 11 is 0. The summed E-state index contributed by atoms with van der Waals surface area (Å²) in [6.07, 6.45) is -0.403. The average molecular weight is 843 g/mol. The smallest absolute Gasteiger partial charge is 0.160 e. The number of furan rings is 1. The van der Waals surface area contributed by atoms with E-state index in [0.29, 0.717) is 5.84 Å². The van der Waals surface area contributed by atoms with Gasteiger partial charge in [0.15, 0.2) is 5.84 Å². The van der Waals surface area contributed by atoms with Gasteiger partial charge in [0.2, 0.25) is 0 Å². The number of hydrogen-bond acceptors (Lipinski definition) is 4. The number of nitrogens with one attached hydrogen (secondary N) is 1. The molecule has 0 radical (unpaired) electrons. The molecule has 0 bridgehead atoms. The van der Waals surface area contributed by atoms with Crippen molar-refractivity contribution in [1.29, 1.82) is 0 Å². The molecule has 0 saturated heterocycles. The van der Waals surface area contributed by atoms with Crippen molar-refractivity contribution in [1.82, 2.24) is 9.88 Å². The molecular formula is C61H38N4O. The van der Waals surface area contributed by atoms with Crippen LogP contribution in [-0.2, 0) is 0 Å². The van der Waals surface area contributed by atoms with Crippen molar-refractivity contribution < 1.29 is 4.42 Å². The molecule has 1 atom stereocenters. The molecule has 5 heteroatoms. The number of fused-ring (bicyclic) bond motifs is 13. The highest BCUT2D eigenvalue weighted by Crippen LogP contribution is 2.42. The van der Waals surface area contributed by atoms with E-state index in [4.69, 9.17) is 14.4 Å². The number of nitrogens with zero attached hydrogens (tertiary/aromatic N) is 3. The van der Waals surface area contributed by atoms with E-state index < -0.39 is 6.17 Å². The molecule has 0 saturated carbocycles. The highest BCUT2D eigenvalue weighted by molar-refractivity contribution is 6.31. The van der Waals surface area contributed by atoms with Gasteiger partial charge in [-0.15, -0.1) is 0 Å². The SMILES string of the molecule is c1ccc(C2N=C(c3ccc(-n4c5ccccc5c5cc6ccccc6cc54)cc3-c3cccc4oc5ccccc5c34)N=C(c3cccc4c5ccccc5c5ccccc5c34)N2)cc1. The van der Waals surface area contributed by atoms with Gasteiger partial charge >= 0.3 is 0 Å². The van der Waals surface area contributed by atoms with E-state index in [1.807, 2.05) is 12.1 Å². The molecule has 0 spiro atoms. The van der Waals surface area contributed by atoms with Crippen LogP contribution in [0, 0.1) is 0 Å². The third-order valence-corrected chi connectivity index (χ3v) is 13.6. The van der Waals surface area contributed by atoms with Crippen molar-refractivity contribution in [2.75, 3.05) is 0 Å². The summed E-state index contributed by atoms with van der Waals surface area (Å²) in [5.74, 6) is 1.43. The maximum absolute atomic E-state index is 6.54. The summed E-state index contributed by atoms with van der Waals surface area (Å²) in [6, 6.07) is 78.1. The lowest BCUT2D eigenvalue weighted by Gasteiger charge is -2.26. The highest BCUT2D eigenvalue weighted by Gasteiger charge is 2.27. The summed E-state index contributed by atoms with van der Waals surface area (Å²) in [4.78, 5) is 11.1. The normalized spacial score (nSPS) is 14.2. The van der Waals surface area contributed by atoms with Gasteiger partial charge in [0.05, 0.1) is 11.0 Å². The van der Waals surface area contributed by atoms with Crippen molar-refractivity contribution in [3.05, 3.63) is 235 Å². The maximum atomic E-state index is 6.54. The van der Waals surface area contributed by atoms with Crippen LogP contribution in [0.25, 0.3) is 104 Å². The van der Waals surface area contributed by atoms with E-state index in [1.54, 1.807) is 0 Å². The first-order valence-electron chi connectivity index (χ1n) is 22.5. The first-order chi connectivity index (χ1) is 32.7. The highest BCUT2D eigenvalue weighted by atomic mass is 16.3. The second kappa shape index (κ2) is 14.4. The molecule has 1 aliphatic rings. The van der Waals surface area contributed by atoms with E-state index >= 15 is 0 Å². The molecule has 14 rings (SSSR count). The number of benzene rings is 11. The number of aromatic nitrogens is 1. The maximum Gasteiger partial charge on any atom is 0.160 e. The molecule has 66 heavy (non-hydrogen) atoms. The van der Waals surface area contributed by atoms with Gasteiger partial charge in [0.1, 0.15) is 23.2 Å². The Bertz CT molecular complexity index is 4170. The minimum absolute atomic E-state index is 0.403. The summed E-state index contributed by atoms with van der Waals surface area (Å²) < 4.78 is 8.95. The van der Waals surface area contributed by atoms with Gasteiger partial charge in [-0.2, -0.15) is 0 Å². The molecule has 1 N–H and O–H groups in total. The Labute approximate surface area is 379 Å². The summed E-state index contributed by atoms with van der Waals surface area (Å²) in [6.45, 7) is 0. The molecule has 5 nitrogen and oxygen atoms in total. The lowest BCUT2D eigenvalue weighted by atomic mass is 9.91. The topological polar surface area (TPSA) is 54.8 Å². The Balaban J connectivity index is 1.06. The molecule has 308 valence electrons. The first kappa shape index (κ1) is 36.7. The largest absolute Gasteiger partial charge is 0.456 e. The first-order valence-corrected chi connectivity index (χ1v) is 22.5. The van der Waals surface area contributed by atoms with Crippen LogP contribution in [0.2, 0.25) is 0 Å². The van der Waals surface area contributed by atoms with Crippen molar-refractivity contribution >= 4 is 98.5 Å². The van der Waals surface area contributed by atoms with Crippen LogP contribution in [0.1, 0.15) is 22.9 Å². The molecule has 11 aromatic carbocycles. The predicted molar refractivity (Wildman–Crippen MR) is 275 cm³/mol. The van der Waals surface area contributed by atoms with Crippen molar-refractivity contribution in [3.8, 4) is 16.8 Å². The van der Waals surface area contributed by atoms with Gasteiger partial charge < -0.3 is 14.3 Å². The molecule has 1 unspecified atom stereocenters. The third kappa shape index (κ3) is 5.53. The van der Waals surface area contributed by atoms with Crippen molar-refractivity contribution in [3.63, 3.8) is 0 Å². The van der Waals surface area contributed by atoms with Gasteiger partial charge in [0, 0.05) is 43.7 Å². The fraction of sp³-hybridized carbons (Fsp3) is 0.0164. The van der Waals surface area contributed by atoms with Crippen LogP contribution in [0.15, 0.2) is 233 Å². The summed E-state index contributed by atoms with van der Waals surface area (Å²) in [5.41, 5.74) is 10.1. The molecule has 0 fully saturated rings. The summed E-state index contributed by atoms with van der Waals surface area (Å²) in [5, 5.41) is 18.0. The standard InChI is InChI=1S/C61H38N4O/c1-2-16-37(17-3-1)59-62-60(64-61(63-59)50-28-14-26-46-43-21-7-6-20-41(43)42-22-8-9-24-45(42)57(46)50)48-33-32-40(36-51(48)47-27-15-31-56-58(47)49-25-11-13-30-55(49)66-56)65-53-29-12-10-23-44(53)52-34-38-18-4-5-19-39(38)35-54(52)65/h1-36,59H,(H,62,63,64). The zero-order valence-electron chi connectivity index (χ0n) is 35.6. The molecule has 0 amide bonds. The van der Waals surface area contributed by atoms with Crippen LogP contribution in [0.5, 0.6) is 0 Å². The quantitative estimate of drug-likeness (QED) is 0.176. The van der Waals surface area contributed by atoms with Crippen LogP contribution >= 0.6 is 0 Å². The van der Waals surface area contributed by atoms with Gasteiger partial charge in [-0.1, -0.05) is 170 Å². The van der Waals surface area contributed by atoms with Crippen molar-refractivity contribution in [2.45, 2.75) is 6.17 Å². The van der Waals surface area contributed by atoms with E-state index in [-0.39, 0.29) is 0 Å². The van der Waals surface area contributed by atoms with E-state index in [9.17, 15) is 0 Å². The molecular weight excluding hydrogens is 805 g/mol. The fourth-order valence-corrected chi connectivity index (χ4v) is 10.7. The monoisotopic (exact) mass is 842 g/mol. The van der Waals surface area contributed by atoms with E-state index in [2.05, 4.69) is 216 Å². The van der Waals surface area contributed by atoms with Gasteiger partial charge in [-0.3, -0.25) is 0 Å². The number of hydrogen-bond donors (Lipinski definition) is 1. The van der Waals surface area contributed by atoms with E-state index in [1.165, 1.54) is 48.5 Å². The van der Waals surface area contributed by atoms with E-state index in [0.717, 1.165) is 77.7 Å². The lowest BCUT2D eigenvalue weighted by Crippen LogP contribution is -2.33. The van der Waals surface area contributed by atoms with Crippen LogP contribution in [0.4, 0.5) is 0 Å². The molecule has 0 aliphatic carbocycles. The minimum Gasteiger partial charge on any atom is -0.456 e. The van der Waals surface area contributed by atoms with Crippen LogP contribution < -0.4 is 5.32 Å². The van der Waals surface area contributed by atoms with Crippen LogP contribution in [0.3, 0.4) is 0 Å². The number of aliphatic imine (C=N–C) groups is 2. The number of rotatable bonds is 5. The Kier molecular flexibility index (Phi) is 7.98.